The third-order valence-electron chi connectivity index (χ3n) is 4.09. The number of amides is 1. The zero-order chi connectivity index (χ0) is 12.7. The number of nitrogens with one attached hydrogen (secondary N) is 2. The Balaban J connectivity index is 1.65. The van der Waals surface area contributed by atoms with Gasteiger partial charge in [0.1, 0.15) is 0 Å². The zero-order valence-corrected chi connectivity index (χ0v) is 10.8. The van der Waals surface area contributed by atoms with Crippen molar-refractivity contribution < 1.29 is 4.79 Å². The smallest absolute Gasteiger partial charge is 0.229 e. The molecule has 0 aliphatic heterocycles. The minimum atomic E-state index is 0.119. The number of fused-ring (bicyclic) bond motifs is 2. The molecule has 1 saturated carbocycles. The average molecular weight is 245 g/mol. The maximum atomic E-state index is 12.2. The number of hydrogen-bond donors (Lipinski definition) is 2. The third kappa shape index (κ3) is 1.96. The molecule has 1 aromatic rings. The first kappa shape index (κ1) is 11.5. The van der Waals surface area contributed by atoms with Crippen LogP contribution in [0, 0.1) is 17.8 Å². The number of H-pyrrole nitrogens is 1. The predicted octanol–water partition coefficient (Wildman–Crippen LogP) is 2.68. The molecule has 2 aliphatic rings. The Hall–Kier alpha value is -1.58. The van der Waals surface area contributed by atoms with Crippen molar-refractivity contribution in [3.63, 3.8) is 0 Å². The number of carbonyl (C=O) groups excluding carboxylic acids is 1. The molecule has 4 heteroatoms. The lowest BCUT2D eigenvalue weighted by molar-refractivity contribution is -0.120. The van der Waals surface area contributed by atoms with Crippen LogP contribution in [0.2, 0.25) is 0 Å². The number of hydrogen-bond acceptors (Lipinski definition) is 2. The lowest BCUT2D eigenvalue weighted by Gasteiger charge is -2.16. The molecule has 0 aromatic carbocycles. The van der Waals surface area contributed by atoms with Crippen molar-refractivity contribution in [3.8, 4) is 0 Å². The van der Waals surface area contributed by atoms with Gasteiger partial charge in [0.05, 0.1) is 0 Å². The largest absolute Gasteiger partial charge is 0.309 e. The van der Waals surface area contributed by atoms with Crippen LogP contribution in [0.3, 0.4) is 0 Å². The van der Waals surface area contributed by atoms with E-state index in [2.05, 4.69) is 41.5 Å². The van der Waals surface area contributed by atoms with Crippen LogP contribution in [-0.4, -0.2) is 16.1 Å². The van der Waals surface area contributed by atoms with E-state index in [1.807, 2.05) is 6.07 Å². The minimum Gasteiger partial charge on any atom is -0.309 e. The molecule has 96 valence electrons. The zero-order valence-electron chi connectivity index (χ0n) is 10.8. The first-order valence-corrected chi connectivity index (χ1v) is 6.68. The molecule has 1 aromatic heterocycles. The van der Waals surface area contributed by atoms with Crippen molar-refractivity contribution in [2.24, 2.45) is 17.8 Å². The Morgan fingerprint density at radius 1 is 1.44 bits per heavy atom. The van der Waals surface area contributed by atoms with Gasteiger partial charge in [-0.15, -0.1) is 0 Å². The number of allylic oxidation sites excluding steroid dienone is 2. The average Bonchev–Trinajstić information content (AvgIpc) is 3.03. The Kier molecular flexibility index (Phi) is 2.73. The molecule has 4 nitrogen and oxygen atoms in total. The second kappa shape index (κ2) is 4.26. The number of rotatable bonds is 3. The molecule has 3 unspecified atom stereocenters. The highest BCUT2D eigenvalue weighted by Crippen LogP contribution is 2.43. The third-order valence-corrected chi connectivity index (χ3v) is 4.09. The van der Waals surface area contributed by atoms with Crippen LogP contribution in [0.25, 0.3) is 0 Å². The van der Waals surface area contributed by atoms with Crippen LogP contribution in [0.15, 0.2) is 18.2 Å². The van der Waals surface area contributed by atoms with E-state index in [1.54, 1.807) is 0 Å². The van der Waals surface area contributed by atoms with Crippen LogP contribution in [0.1, 0.15) is 38.3 Å². The van der Waals surface area contributed by atoms with Gasteiger partial charge in [0.25, 0.3) is 0 Å². The summed E-state index contributed by atoms with van der Waals surface area (Å²) in [5.74, 6) is 2.37. The topological polar surface area (TPSA) is 57.8 Å². The van der Waals surface area contributed by atoms with Crippen LogP contribution >= 0.6 is 0 Å². The van der Waals surface area contributed by atoms with Crippen LogP contribution in [-0.2, 0) is 4.79 Å². The maximum Gasteiger partial charge on any atom is 0.229 e. The molecule has 0 saturated heterocycles. The standard InChI is InChI=1S/C14H19N3O/c1-8(2)12-7-13(17-16-12)15-14(18)11-6-9-3-4-10(11)5-9/h3-4,7-11H,5-6H2,1-2H3,(H2,15,16,17,18). The van der Waals surface area contributed by atoms with Crippen LogP contribution in [0.5, 0.6) is 0 Å². The van der Waals surface area contributed by atoms with Gasteiger partial charge in [0.2, 0.25) is 5.91 Å². The summed E-state index contributed by atoms with van der Waals surface area (Å²) in [7, 11) is 0. The van der Waals surface area contributed by atoms with Crippen molar-refractivity contribution in [2.45, 2.75) is 32.6 Å². The summed E-state index contributed by atoms with van der Waals surface area (Å²) in [4.78, 5) is 12.2. The summed E-state index contributed by atoms with van der Waals surface area (Å²) in [6.07, 6.45) is 6.59. The normalized spacial score (nSPS) is 29.2. The van der Waals surface area contributed by atoms with Gasteiger partial charge >= 0.3 is 0 Å². The fourth-order valence-corrected chi connectivity index (χ4v) is 3.00. The summed E-state index contributed by atoms with van der Waals surface area (Å²) in [6, 6.07) is 1.92. The molecule has 1 fully saturated rings. The van der Waals surface area contributed by atoms with Crippen molar-refractivity contribution in [1.29, 1.82) is 0 Å². The minimum absolute atomic E-state index is 0.119. The SMILES string of the molecule is CC(C)c1cc(NC(=O)C2CC3C=CC2C3)n[nH]1. The van der Waals surface area contributed by atoms with E-state index in [-0.39, 0.29) is 11.8 Å². The fraction of sp³-hybridized carbons (Fsp3) is 0.571. The molecule has 2 bridgehead atoms. The second-order valence-corrected chi connectivity index (χ2v) is 5.74. The lowest BCUT2D eigenvalue weighted by Crippen LogP contribution is -2.26. The number of anilines is 1. The molecule has 3 atom stereocenters. The van der Waals surface area contributed by atoms with Gasteiger partial charge in [0.15, 0.2) is 5.82 Å². The van der Waals surface area contributed by atoms with Gasteiger partial charge in [-0.25, -0.2) is 0 Å². The van der Waals surface area contributed by atoms with Gasteiger partial charge in [-0.3, -0.25) is 9.89 Å². The van der Waals surface area contributed by atoms with Gasteiger partial charge in [-0.05, 0) is 30.6 Å². The van der Waals surface area contributed by atoms with E-state index >= 15 is 0 Å². The molecule has 18 heavy (non-hydrogen) atoms. The molecule has 2 N–H and O–H groups in total. The molecule has 1 heterocycles. The van der Waals surface area contributed by atoms with Crippen LogP contribution < -0.4 is 5.32 Å². The summed E-state index contributed by atoms with van der Waals surface area (Å²) in [5.41, 5.74) is 1.05. The van der Waals surface area contributed by atoms with E-state index in [9.17, 15) is 4.79 Å². The highest BCUT2D eigenvalue weighted by Gasteiger charge is 2.39. The Bertz CT molecular complexity index is 489. The van der Waals surface area contributed by atoms with Crippen molar-refractivity contribution in [3.05, 3.63) is 23.9 Å². The second-order valence-electron chi connectivity index (χ2n) is 5.74. The molecular weight excluding hydrogens is 226 g/mol. The molecule has 0 radical (unpaired) electrons. The van der Waals surface area contributed by atoms with Gasteiger partial charge in [0, 0.05) is 17.7 Å². The summed E-state index contributed by atoms with van der Waals surface area (Å²) >= 11 is 0. The van der Waals surface area contributed by atoms with Gasteiger partial charge in [-0.1, -0.05) is 26.0 Å². The van der Waals surface area contributed by atoms with E-state index in [1.165, 1.54) is 0 Å². The Labute approximate surface area is 107 Å². The number of carbonyl (C=O) groups is 1. The van der Waals surface area contributed by atoms with Crippen molar-refractivity contribution in [1.82, 2.24) is 10.2 Å². The maximum absolute atomic E-state index is 12.2. The van der Waals surface area contributed by atoms with Gasteiger partial charge in [-0.2, -0.15) is 5.10 Å². The highest BCUT2D eigenvalue weighted by molar-refractivity contribution is 5.92. The number of aromatic amines is 1. The van der Waals surface area contributed by atoms with Gasteiger partial charge < -0.3 is 5.32 Å². The van der Waals surface area contributed by atoms with E-state index in [0.717, 1.165) is 18.5 Å². The van der Waals surface area contributed by atoms with E-state index in [4.69, 9.17) is 0 Å². The summed E-state index contributed by atoms with van der Waals surface area (Å²) < 4.78 is 0. The predicted molar refractivity (Wildman–Crippen MR) is 70.2 cm³/mol. The highest BCUT2D eigenvalue weighted by atomic mass is 16.2. The molecule has 0 spiro atoms. The Morgan fingerprint density at radius 2 is 2.28 bits per heavy atom. The summed E-state index contributed by atoms with van der Waals surface area (Å²) in [5, 5.41) is 10.0. The van der Waals surface area contributed by atoms with E-state index in [0.29, 0.717) is 23.6 Å². The van der Waals surface area contributed by atoms with Crippen molar-refractivity contribution in [2.75, 3.05) is 5.32 Å². The lowest BCUT2D eigenvalue weighted by atomic mass is 9.93. The fourth-order valence-electron chi connectivity index (χ4n) is 3.00. The first-order chi connectivity index (χ1) is 8.63. The quantitative estimate of drug-likeness (QED) is 0.804. The Morgan fingerprint density at radius 3 is 2.83 bits per heavy atom. The monoisotopic (exact) mass is 245 g/mol. The number of aromatic nitrogens is 2. The van der Waals surface area contributed by atoms with Crippen LogP contribution in [0.4, 0.5) is 5.82 Å². The molecule has 1 amide bonds. The molecule has 2 aliphatic carbocycles. The number of nitrogens with zero attached hydrogens (tertiary/aromatic N) is 1. The summed E-state index contributed by atoms with van der Waals surface area (Å²) in [6.45, 7) is 4.19. The first-order valence-electron chi connectivity index (χ1n) is 6.68. The van der Waals surface area contributed by atoms with E-state index < -0.39 is 0 Å². The molecular formula is C14H19N3O. The van der Waals surface area contributed by atoms with Crippen molar-refractivity contribution >= 4 is 11.7 Å². The molecule has 3 rings (SSSR count).